The largest absolute Gasteiger partial charge is 0.329 e. The number of nitrogens with two attached hydrogens (primary N) is 1. The van der Waals surface area contributed by atoms with Crippen LogP contribution in [0.15, 0.2) is 34.9 Å². The first-order valence-corrected chi connectivity index (χ1v) is 5.69. The lowest BCUT2D eigenvalue weighted by Gasteiger charge is -2.06. The molecule has 0 amide bonds. The lowest BCUT2D eigenvalue weighted by Crippen LogP contribution is -2.12. The van der Waals surface area contributed by atoms with Crippen LogP contribution in [0.5, 0.6) is 0 Å². The number of benzene rings is 1. The molecule has 16 heavy (non-hydrogen) atoms. The fourth-order valence-corrected chi connectivity index (χ4v) is 2.10. The average molecular weight is 284 g/mol. The van der Waals surface area contributed by atoms with E-state index < -0.39 is 0 Å². The van der Waals surface area contributed by atoms with Gasteiger partial charge in [0.15, 0.2) is 0 Å². The fourth-order valence-electron chi connectivity index (χ4n) is 1.58. The Balaban J connectivity index is 2.50. The predicted octanol–water partition coefficient (Wildman–Crippen LogP) is 2.41. The second kappa shape index (κ2) is 4.76. The van der Waals surface area contributed by atoms with E-state index in [0.29, 0.717) is 13.1 Å². The van der Waals surface area contributed by atoms with E-state index in [0.717, 1.165) is 15.7 Å². The zero-order valence-corrected chi connectivity index (χ0v) is 10.1. The van der Waals surface area contributed by atoms with Crippen molar-refractivity contribution >= 4 is 15.9 Å². The van der Waals surface area contributed by atoms with E-state index in [9.17, 15) is 4.39 Å². The van der Waals surface area contributed by atoms with Crippen LogP contribution in [0.2, 0.25) is 0 Å². The molecule has 2 rings (SSSR count). The van der Waals surface area contributed by atoms with Gasteiger partial charge in [0.2, 0.25) is 0 Å². The third kappa shape index (κ3) is 2.15. The summed E-state index contributed by atoms with van der Waals surface area (Å²) in [4.78, 5) is 0. The van der Waals surface area contributed by atoms with Gasteiger partial charge < -0.3 is 5.73 Å². The highest BCUT2D eigenvalue weighted by Gasteiger charge is 2.10. The van der Waals surface area contributed by atoms with Gasteiger partial charge in [0.05, 0.1) is 22.9 Å². The standard InChI is InChI=1S/C11H11BrFN3/c12-10-7-15-16(5-4-14)11(10)8-2-1-3-9(13)6-8/h1-3,6-7H,4-5,14H2. The Morgan fingerprint density at radius 3 is 2.94 bits per heavy atom. The molecule has 0 bridgehead atoms. The molecule has 0 aliphatic heterocycles. The Kier molecular flexibility index (Phi) is 3.36. The van der Waals surface area contributed by atoms with Crippen LogP contribution in [-0.4, -0.2) is 16.3 Å². The zero-order valence-electron chi connectivity index (χ0n) is 8.53. The third-order valence-corrected chi connectivity index (χ3v) is 2.81. The smallest absolute Gasteiger partial charge is 0.123 e. The van der Waals surface area contributed by atoms with Crippen molar-refractivity contribution in [2.45, 2.75) is 6.54 Å². The molecule has 5 heteroatoms. The molecule has 1 heterocycles. The molecule has 0 saturated carbocycles. The van der Waals surface area contributed by atoms with Gasteiger partial charge in [-0.1, -0.05) is 12.1 Å². The Hall–Kier alpha value is -1.20. The molecule has 3 nitrogen and oxygen atoms in total. The lowest BCUT2D eigenvalue weighted by atomic mass is 10.1. The maximum Gasteiger partial charge on any atom is 0.123 e. The number of rotatable bonds is 3. The maximum absolute atomic E-state index is 13.1. The summed E-state index contributed by atoms with van der Waals surface area (Å²) in [5.41, 5.74) is 7.14. The molecule has 2 N–H and O–H groups in total. The van der Waals surface area contributed by atoms with Crippen LogP contribution in [0, 0.1) is 5.82 Å². The van der Waals surface area contributed by atoms with Gasteiger partial charge in [-0.3, -0.25) is 4.68 Å². The molecule has 0 spiro atoms. The highest BCUT2D eigenvalue weighted by Crippen LogP contribution is 2.28. The molecule has 0 radical (unpaired) electrons. The zero-order chi connectivity index (χ0) is 11.5. The summed E-state index contributed by atoms with van der Waals surface area (Å²) in [6.07, 6.45) is 1.69. The molecule has 0 unspecified atom stereocenters. The molecule has 84 valence electrons. The van der Waals surface area contributed by atoms with Gasteiger partial charge in [0.25, 0.3) is 0 Å². The van der Waals surface area contributed by atoms with Gasteiger partial charge in [0, 0.05) is 12.1 Å². The SMILES string of the molecule is NCCn1ncc(Br)c1-c1cccc(F)c1. The Bertz CT molecular complexity index is 496. The van der Waals surface area contributed by atoms with E-state index in [1.165, 1.54) is 12.1 Å². The van der Waals surface area contributed by atoms with Crippen molar-refractivity contribution in [2.24, 2.45) is 5.73 Å². The monoisotopic (exact) mass is 283 g/mol. The van der Waals surface area contributed by atoms with Crippen LogP contribution in [-0.2, 0) is 6.54 Å². The maximum atomic E-state index is 13.1. The summed E-state index contributed by atoms with van der Waals surface area (Å²) in [6.45, 7) is 1.11. The second-order valence-electron chi connectivity index (χ2n) is 3.36. The fraction of sp³-hybridized carbons (Fsp3) is 0.182. The topological polar surface area (TPSA) is 43.8 Å². The van der Waals surface area contributed by atoms with Crippen molar-refractivity contribution in [1.29, 1.82) is 0 Å². The quantitative estimate of drug-likeness (QED) is 0.940. The predicted molar refractivity (Wildman–Crippen MR) is 64.4 cm³/mol. The molecule has 0 saturated heterocycles. The Labute approximate surface area is 101 Å². The highest BCUT2D eigenvalue weighted by atomic mass is 79.9. The number of aromatic nitrogens is 2. The highest BCUT2D eigenvalue weighted by molar-refractivity contribution is 9.10. The minimum atomic E-state index is -0.259. The molecule has 2 aromatic rings. The summed E-state index contributed by atoms with van der Waals surface area (Å²) in [5.74, 6) is -0.259. The van der Waals surface area contributed by atoms with Crippen LogP contribution in [0.25, 0.3) is 11.3 Å². The van der Waals surface area contributed by atoms with Gasteiger partial charge in [0.1, 0.15) is 5.82 Å². The molecule has 1 aromatic carbocycles. The van der Waals surface area contributed by atoms with Gasteiger partial charge in [-0.15, -0.1) is 0 Å². The summed E-state index contributed by atoms with van der Waals surface area (Å²) in [7, 11) is 0. The van der Waals surface area contributed by atoms with Crippen LogP contribution >= 0.6 is 15.9 Å². The number of nitrogens with zero attached hydrogens (tertiary/aromatic N) is 2. The molecule has 0 atom stereocenters. The summed E-state index contributed by atoms with van der Waals surface area (Å²) >= 11 is 3.40. The Morgan fingerprint density at radius 2 is 2.25 bits per heavy atom. The van der Waals surface area contributed by atoms with Gasteiger partial charge in [-0.25, -0.2) is 4.39 Å². The van der Waals surface area contributed by atoms with Crippen LogP contribution in [0.4, 0.5) is 4.39 Å². The molecule has 0 aliphatic rings. The molecule has 0 fully saturated rings. The van der Waals surface area contributed by atoms with Gasteiger partial charge >= 0.3 is 0 Å². The number of hydrogen-bond acceptors (Lipinski definition) is 2. The molecular formula is C11H11BrFN3. The van der Waals surface area contributed by atoms with E-state index in [2.05, 4.69) is 21.0 Å². The van der Waals surface area contributed by atoms with Crippen LogP contribution in [0.3, 0.4) is 0 Å². The van der Waals surface area contributed by atoms with Gasteiger partial charge in [-0.05, 0) is 28.1 Å². The first-order valence-electron chi connectivity index (χ1n) is 4.89. The van der Waals surface area contributed by atoms with Crippen molar-refractivity contribution in [3.05, 3.63) is 40.8 Å². The number of hydrogen-bond donors (Lipinski definition) is 1. The van der Waals surface area contributed by atoms with Crippen LogP contribution in [0.1, 0.15) is 0 Å². The first kappa shape index (κ1) is 11.3. The second-order valence-corrected chi connectivity index (χ2v) is 4.22. The summed E-state index contributed by atoms with van der Waals surface area (Å²) in [5, 5.41) is 4.18. The molecule has 1 aromatic heterocycles. The van der Waals surface area contributed by atoms with Crippen molar-refractivity contribution < 1.29 is 4.39 Å². The van der Waals surface area contributed by atoms with E-state index in [1.54, 1.807) is 16.9 Å². The van der Waals surface area contributed by atoms with E-state index in [4.69, 9.17) is 5.73 Å². The van der Waals surface area contributed by atoms with Crippen molar-refractivity contribution in [3.8, 4) is 11.3 Å². The Morgan fingerprint density at radius 1 is 1.44 bits per heavy atom. The lowest BCUT2D eigenvalue weighted by molar-refractivity contribution is 0.622. The van der Waals surface area contributed by atoms with Crippen LogP contribution < -0.4 is 5.73 Å². The minimum Gasteiger partial charge on any atom is -0.329 e. The molecule has 0 aliphatic carbocycles. The van der Waals surface area contributed by atoms with E-state index in [1.807, 2.05) is 6.07 Å². The van der Waals surface area contributed by atoms with E-state index in [-0.39, 0.29) is 5.82 Å². The third-order valence-electron chi connectivity index (χ3n) is 2.23. The average Bonchev–Trinajstić information content (AvgIpc) is 2.60. The van der Waals surface area contributed by atoms with Crippen molar-refractivity contribution in [3.63, 3.8) is 0 Å². The van der Waals surface area contributed by atoms with Gasteiger partial charge in [-0.2, -0.15) is 5.10 Å². The number of halogens is 2. The first-order chi connectivity index (χ1) is 7.72. The summed E-state index contributed by atoms with van der Waals surface area (Å²) < 4.78 is 15.7. The van der Waals surface area contributed by atoms with E-state index >= 15 is 0 Å². The molecular weight excluding hydrogens is 273 g/mol. The van der Waals surface area contributed by atoms with Crippen molar-refractivity contribution in [1.82, 2.24) is 9.78 Å². The van der Waals surface area contributed by atoms with Crippen molar-refractivity contribution in [2.75, 3.05) is 6.54 Å². The summed E-state index contributed by atoms with van der Waals surface area (Å²) in [6, 6.07) is 6.42. The minimum absolute atomic E-state index is 0.259. The normalized spacial score (nSPS) is 10.7.